The summed E-state index contributed by atoms with van der Waals surface area (Å²) in [7, 11) is -1.40. The summed E-state index contributed by atoms with van der Waals surface area (Å²) >= 11 is 1.95. The number of likely N-dealkylation sites (N-methyl/N-ethyl adjacent to an activating group) is 1. The van der Waals surface area contributed by atoms with E-state index in [4.69, 9.17) is 0 Å². The molecule has 1 aliphatic rings. The molecule has 1 saturated heterocycles. The minimum absolute atomic E-state index is 0.556. The zero-order valence-corrected chi connectivity index (χ0v) is 10.3. The molecule has 0 aromatic carbocycles. The summed E-state index contributed by atoms with van der Waals surface area (Å²) in [5.74, 6) is 2.38. The molecule has 0 amide bonds. The van der Waals surface area contributed by atoms with Crippen LogP contribution in [0.3, 0.4) is 0 Å². The lowest BCUT2D eigenvalue weighted by Crippen LogP contribution is -2.37. The first-order valence-corrected chi connectivity index (χ1v) is 7.73. The van der Waals surface area contributed by atoms with Gasteiger partial charge in [0, 0.05) is 31.9 Å². The fourth-order valence-electron chi connectivity index (χ4n) is 1.29. The van der Waals surface area contributed by atoms with E-state index in [0.29, 0.717) is 12.6 Å². The van der Waals surface area contributed by atoms with Crippen LogP contribution in [0.25, 0.3) is 0 Å². The third-order valence-electron chi connectivity index (χ3n) is 2.36. The van der Waals surface area contributed by atoms with Gasteiger partial charge < -0.3 is 5.32 Å². The second-order valence-electron chi connectivity index (χ2n) is 3.60. The molecule has 0 aromatic rings. The van der Waals surface area contributed by atoms with E-state index >= 15 is 0 Å². The van der Waals surface area contributed by atoms with Gasteiger partial charge >= 0.3 is 0 Å². The summed E-state index contributed by atoms with van der Waals surface area (Å²) in [6.07, 6.45) is 2.44. The van der Waals surface area contributed by atoms with Crippen LogP contribution in [-0.2, 0) is 10.0 Å². The fraction of sp³-hybridized carbons (Fsp3) is 1.00. The van der Waals surface area contributed by atoms with E-state index in [0.717, 1.165) is 12.3 Å². The van der Waals surface area contributed by atoms with E-state index in [9.17, 15) is 8.42 Å². The Morgan fingerprint density at radius 2 is 2.29 bits per heavy atom. The molecule has 0 saturated carbocycles. The Hall–Kier alpha value is 0.220. The van der Waals surface area contributed by atoms with Crippen molar-refractivity contribution in [2.24, 2.45) is 0 Å². The second-order valence-corrected chi connectivity index (χ2v) is 6.84. The van der Waals surface area contributed by atoms with Crippen molar-refractivity contribution in [3.8, 4) is 0 Å². The molecule has 1 fully saturated rings. The summed E-state index contributed by atoms with van der Waals surface area (Å²) in [4.78, 5) is 0. The third-order valence-corrected chi connectivity index (χ3v) is 4.83. The Bertz CT molecular complexity index is 261. The molecule has 0 spiro atoms. The van der Waals surface area contributed by atoms with Crippen LogP contribution in [0.2, 0.25) is 0 Å². The summed E-state index contributed by atoms with van der Waals surface area (Å²) < 4.78 is 23.5. The van der Waals surface area contributed by atoms with Crippen molar-refractivity contribution in [1.82, 2.24) is 9.62 Å². The van der Waals surface area contributed by atoms with Crippen LogP contribution in [0.1, 0.15) is 6.42 Å². The van der Waals surface area contributed by atoms with E-state index in [1.54, 1.807) is 7.05 Å². The highest BCUT2D eigenvalue weighted by Gasteiger charge is 2.15. The van der Waals surface area contributed by atoms with Crippen molar-refractivity contribution in [2.45, 2.75) is 12.5 Å². The third kappa shape index (κ3) is 4.16. The van der Waals surface area contributed by atoms with Gasteiger partial charge in [-0.15, -0.1) is 0 Å². The second kappa shape index (κ2) is 5.34. The van der Waals surface area contributed by atoms with E-state index in [2.05, 4.69) is 5.32 Å². The van der Waals surface area contributed by atoms with Gasteiger partial charge in [0.15, 0.2) is 0 Å². The molecule has 0 aliphatic carbocycles. The lowest BCUT2D eigenvalue weighted by atomic mass is 10.3. The van der Waals surface area contributed by atoms with Gasteiger partial charge in [0.25, 0.3) is 0 Å². The number of hydrogen-bond donors (Lipinski definition) is 1. The Kier molecular flexibility index (Phi) is 4.69. The van der Waals surface area contributed by atoms with Crippen LogP contribution in [0.5, 0.6) is 0 Å². The average molecular weight is 238 g/mol. The molecule has 4 nitrogen and oxygen atoms in total. The lowest BCUT2D eigenvalue weighted by Gasteiger charge is -2.16. The van der Waals surface area contributed by atoms with Crippen molar-refractivity contribution in [2.75, 3.05) is 37.9 Å². The number of nitrogens with one attached hydrogen (secondary N) is 1. The van der Waals surface area contributed by atoms with Gasteiger partial charge in [-0.25, -0.2) is 12.7 Å². The summed E-state index contributed by atoms with van der Waals surface area (Å²) in [6.45, 7) is 1.30. The lowest BCUT2D eigenvalue weighted by molar-refractivity contribution is 0.446. The molecule has 1 heterocycles. The van der Waals surface area contributed by atoms with Gasteiger partial charge in [-0.05, 0) is 12.2 Å². The van der Waals surface area contributed by atoms with Gasteiger partial charge in [-0.1, -0.05) is 0 Å². The molecule has 1 rings (SSSR count). The number of rotatable bonds is 5. The van der Waals surface area contributed by atoms with Crippen LogP contribution in [-0.4, -0.2) is 56.7 Å². The summed E-state index contributed by atoms with van der Waals surface area (Å²) in [6, 6.07) is 0.577. The van der Waals surface area contributed by atoms with Gasteiger partial charge in [-0.2, -0.15) is 11.8 Å². The van der Waals surface area contributed by atoms with Crippen LogP contribution in [0.4, 0.5) is 0 Å². The quantitative estimate of drug-likeness (QED) is 0.731. The largest absolute Gasteiger partial charge is 0.312 e. The first-order chi connectivity index (χ1) is 6.50. The van der Waals surface area contributed by atoms with Crippen LogP contribution in [0, 0.1) is 0 Å². The smallest absolute Gasteiger partial charge is 0.210 e. The van der Waals surface area contributed by atoms with Gasteiger partial charge in [0.1, 0.15) is 0 Å². The Morgan fingerprint density at radius 1 is 1.57 bits per heavy atom. The van der Waals surface area contributed by atoms with Gasteiger partial charge in [-0.3, -0.25) is 0 Å². The van der Waals surface area contributed by atoms with E-state index < -0.39 is 10.0 Å². The number of thioether (sulfide) groups is 1. The van der Waals surface area contributed by atoms with Crippen molar-refractivity contribution in [3.63, 3.8) is 0 Å². The van der Waals surface area contributed by atoms with E-state index in [1.165, 1.54) is 22.7 Å². The molecule has 1 N–H and O–H groups in total. The van der Waals surface area contributed by atoms with E-state index in [1.807, 2.05) is 11.8 Å². The van der Waals surface area contributed by atoms with Crippen molar-refractivity contribution in [3.05, 3.63) is 0 Å². The highest BCUT2D eigenvalue weighted by atomic mass is 32.2. The van der Waals surface area contributed by atoms with Gasteiger partial charge in [0.2, 0.25) is 10.0 Å². The highest BCUT2D eigenvalue weighted by Crippen LogP contribution is 2.16. The Labute approximate surface area is 90.5 Å². The molecule has 1 aliphatic heterocycles. The maximum atomic E-state index is 11.1. The molecule has 6 heteroatoms. The maximum absolute atomic E-state index is 11.1. The van der Waals surface area contributed by atoms with Gasteiger partial charge in [0.05, 0.1) is 6.26 Å². The number of hydrogen-bond acceptors (Lipinski definition) is 4. The minimum atomic E-state index is -3.01. The first kappa shape index (κ1) is 12.3. The maximum Gasteiger partial charge on any atom is 0.210 e. The SMILES string of the molecule is CN(CCN[C@H]1CCSC1)S(C)(=O)=O. The standard InChI is InChI=1S/C8H18N2O2S2/c1-10(14(2,11)12)5-4-9-8-3-6-13-7-8/h8-9H,3-7H2,1-2H3/t8-/m0/s1. The number of sulfonamides is 1. The van der Waals surface area contributed by atoms with Crippen molar-refractivity contribution < 1.29 is 8.42 Å². The zero-order valence-electron chi connectivity index (χ0n) is 8.69. The van der Waals surface area contributed by atoms with Crippen molar-refractivity contribution >= 4 is 21.8 Å². The monoisotopic (exact) mass is 238 g/mol. The van der Waals surface area contributed by atoms with Crippen molar-refractivity contribution in [1.29, 1.82) is 0 Å². The van der Waals surface area contributed by atoms with Crippen LogP contribution >= 0.6 is 11.8 Å². The molecular weight excluding hydrogens is 220 g/mol. The fourth-order valence-corrected chi connectivity index (χ4v) is 2.90. The molecule has 84 valence electrons. The average Bonchev–Trinajstić information content (AvgIpc) is 2.55. The molecule has 0 aromatic heterocycles. The number of nitrogens with zero attached hydrogens (tertiary/aromatic N) is 1. The summed E-state index contributed by atoms with van der Waals surface area (Å²) in [5.41, 5.74) is 0. The predicted molar refractivity (Wildman–Crippen MR) is 61.2 cm³/mol. The molecular formula is C8H18N2O2S2. The van der Waals surface area contributed by atoms with Crippen LogP contribution in [0.15, 0.2) is 0 Å². The predicted octanol–water partition coefficient (Wildman–Crippen LogP) is -0.0271. The first-order valence-electron chi connectivity index (χ1n) is 4.72. The Balaban J connectivity index is 2.14. The molecule has 14 heavy (non-hydrogen) atoms. The van der Waals surface area contributed by atoms with Crippen LogP contribution < -0.4 is 5.32 Å². The zero-order chi connectivity index (χ0) is 10.6. The van der Waals surface area contributed by atoms with E-state index in [-0.39, 0.29) is 0 Å². The Morgan fingerprint density at radius 3 is 2.79 bits per heavy atom. The summed E-state index contributed by atoms with van der Waals surface area (Å²) in [5, 5.41) is 3.36. The molecule has 0 radical (unpaired) electrons. The topological polar surface area (TPSA) is 49.4 Å². The molecule has 0 bridgehead atoms. The minimum Gasteiger partial charge on any atom is -0.312 e. The molecule has 0 unspecified atom stereocenters. The normalized spacial score (nSPS) is 23.2. The highest BCUT2D eigenvalue weighted by molar-refractivity contribution is 7.99. The molecule has 1 atom stereocenters.